The second-order valence-electron chi connectivity index (χ2n) is 5.42. The lowest BCUT2D eigenvalue weighted by atomic mass is 10.1. The average molecular weight is 297 g/mol. The van der Waals surface area contributed by atoms with Gasteiger partial charge in [-0.2, -0.15) is 0 Å². The third kappa shape index (κ3) is 2.99. The number of benzene rings is 1. The monoisotopic (exact) mass is 297 g/mol. The summed E-state index contributed by atoms with van der Waals surface area (Å²) in [6, 6.07) is 7.64. The molecule has 1 saturated heterocycles. The molecule has 3 rings (SSSR count). The summed E-state index contributed by atoms with van der Waals surface area (Å²) < 4.78 is 5.14. The first-order valence-corrected chi connectivity index (χ1v) is 7.44. The van der Waals surface area contributed by atoms with Crippen LogP contribution in [0.1, 0.15) is 40.5 Å². The Kier molecular flexibility index (Phi) is 4.44. The van der Waals surface area contributed by atoms with Crippen molar-refractivity contribution in [2.24, 2.45) is 0 Å². The second kappa shape index (κ2) is 6.66. The van der Waals surface area contributed by atoms with Gasteiger partial charge in [-0.15, -0.1) is 0 Å². The molecule has 1 unspecified atom stereocenters. The predicted molar refractivity (Wildman–Crippen MR) is 82.2 cm³/mol. The fraction of sp³-hybridized carbons (Fsp3) is 0.353. The molecular formula is C17H19N3O2. The average Bonchev–Trinajstić information content (AvgIpc) is 3.05. The molecule has 5 nitrogen and oxygen atoms in total. The molecule has 0 saturated carbocycles. The second-order valence-corrected chi connectivity index (χ2v) is 5.42. The Balaban J connectivity index is 1.83. The Bertz CT molecular complexity index is 645. The SMILES string of the molecule is COCc1cccc(C(=O)N2CCCC2c2cnccn2)c1. The zero-order valence-corrected chi connectivity index (χ0v) is 12.6. The van der Waals surface area contributed by atoms with Crippen LogP contribution in [0, 0.1) is 0 Å². The lowest BCUT2D eigenvalue weighted by molar-refractivity contribution is 0.0732. The topological polar surface area (TPSA) is 55.3 Å². The van der Waals surface area contributed by atoms with E-state index in [0.29, 0.717) is 12.2 Å². The summed E-state index contributed by atoms with van der Waals surface area (Å²) in [7, 11) is 1.65. The Morgan fingerprint density at radius 2 is 2.32 bits per heavy atom. The van der Waals surface area contributed by atoms with E-state index < -0.39 is 0 Å². The number of nitrogens with zero attached hydrogens (tertiary/aromatic N) is 3. The van der Waals surface area contributed by atoms with Crippen LogP contribution in [0.25, 0.3) is 0 Å². The molecule has 0 N–H and O–H groups in total. The normalized spacial score (nSPS) is 17.7. The summed E-state index contributed by atoms with van der Waals surface area (Å²) in [5, 5.41) is 0. The van der Waals surface area contributed by atoms with Gasteiger partial charge in [0.2, 0.25) is 0 Å². The number of hydrogen-bond acceptors (Lipinski definition) is 4. The van der Waals surface area contributed by atoms with Gasteiger partial charge in [0.15, 0.2) is 0 Å². The number of carbonyl (C=O) groups excluding carboxylic acids is 1. The summed E-state index contributed by atoms with van der Waals surface area (Å²) in [6.45, 7) is 1.27. The molecule has 1 aliphatic heterocycles. The Labute approximate surface area is 130 Å². The number of carbonyl (C=O) groups is 1. The van der Waals surface area contributed by atoms with Crippen LogP contribution in [0.3, 0.4) is 0 Å². The van der Waals surface area contributed by atoms with Crippen LogP contribution in [0.4, 0.5) is 0 Å². The maximum atomic E-state index is 12.8. The van der Waals surface area contributed by atoms with Crippen molar-refractivity contribution in [3.63, 3.8) is 0 Å². The smallest absolute Gasteiger partial charge is 0.254 e. The molecule has 1 aromatic heterocycles. The minimum atomic E-state index is 0.0206. The van der Waals surface area contributed by atoms with E-state index >= 15 is 0 Å². The molecule has 1 aromatic carbocycles. The molecule has 1 fully saturated rings. The van der Waals surface area contributed by atoms with E-state index in [-0.39, 0.29) is 11.9 Å². The van der Waals surface area contributed by atoms with E-state index in [1.54, 1.807) is 25.7 Å². The Morgan fingerprint density at radius 3 is 3.09 bits per heavy atom. The van der Waals surface area contributed by atoms with Gasteiger partial charge in [0.1, 0.15) is 0 Å². The molecule has 114 valence electrons. The Morgan fingerprint density at radius 1 is 1.41 bits per heavy atom. The highest BCUT2D eigenvalue weighted by molar-refractivity contribution is 5.94. The lowest BCUT2D eigenvalue weighted by Gasteiger charge is -2.24. The summed E-state index contributed by atoms with van der Waals surface area (Å²) in [5.41, 5.74) is 2.57. The highest BCUT2D eigenvalue weighted by atomic mass is 16.5. The van der Waals surface area contributed by atoms with Gasteiger partial charge in [-0.3, -0.25) is 14.8 Å². The number of amides is 1. The highest BCUT2D eigenvalue weighted by Crippen LogP contribution is 2.31. The van der Waals surface area contributed by atoms with E-state index in [1.807, 2.05) is 29.2 Å². The van der Waals surface area contributed by atoms with Gasteiger partial charge in [-0.1, -0.05) is 12.1 Å². The van der Waals surface area contributed by atoms with Gasteiger partial charge in [-0.25, -0.2) is 0 Å². The van der Waals surface area contributed by atoms with Gasteiger partial charge in [-0.05, 0) is 30.5 Å². The first kappa shape index (κ1) is 14.7. The van der Waals surface area contributed by atoms with Crippen molar-refractivity contribution in [2.75, 3.05) is 13.7 Å². The van der Waals surface area contributed by atoms with Crippen LogP contribution >= 0.6 is 0 Å². The standard InChI is InChI=1S/C17H19N3O2/c1-22-12-13-4-2-5-14(10-13)17(21)20-9-3-6-16(20)15-11-18-7-8-19-15/h2,4-5,7-8,10-11,16H,3,6,9,12H2,1H3. The van der Waals surface area contributed by atoms with E-state index in [9.17, 15) is 4.79 Å². The van der Waals surface area contributed by atoms with Crippen molar-refractivity contribution in [2.45, 2.75) is 25.5 Å². The molecule has 1 aliphatic rings. The molecule has 0 radical (unpaired) electrons. The summed E-state index contributed by atoms with van der Waals surface area (Å²) in [6.07, 6.45) is 7.00. The van der Waals surface area contributed by atoms with Crippen LogP contribution in [0.2, 0.25) is 0 Å². The predicted octanol–water partition coefficient (Wildman–Crippen LogP) is 2.60. The number of methoxy groups -OCH3 is 1. The third-order valence-corrected chi connectivity index (χ3v) is 3.92. The van der Waals surface area contributed by atoms with E-state index in [2.05, 4.69) is 9.97 Å². The molecule has 1 atom stereocenters. The van der Waals surface area contributed by atoms with Crippen LogP contribution in [-0.4, -0.2) is 34.4 Å². The van der Waals surface area contributed by atoms with Gasteiger partial charge < -0.3 is 9.64 Å². The molecular weight excluding hydrogens is 278 g/mol. The fourth-order valence-electron chi connectivity index (χ4n) is 2.93. The highest BCUT2D eigenvalue weighted by Gasteiger charge is 2.31. The number of hydrogen-bond donors (Lipinski definition) is 0. The molecule has 2 aromatic rings. The van der Waals surface area contributed by atoms with Crippen LogP contribution in [0.5, 0.6) is 0 Å². The van der Waals surface area contributed by atoms with Crippen molar-refractivity contribution < 1.29 is 9.53 Å². The van der Waals surface area contributed by atoms with E-state index in [4.69, 9.17) is 4.74 Å². The van der Waals surface area contributed by atoms with Crippen molar-refractivity contribution in [3.05, 3.63) is 59.7 Å². The van der Waals surface area contributed by atoms with Gasteiger partial charge >= 0.3 is 0 Å². The van der Waals surface area contributed by atoms with Crippen molar-refractivity contribution in [1.29, 1.82) is 0 Å². The maximum absolute atomic E-state index is 12.8. The maximum Gasteiger partial charge on any atom is 0.254 e. The summed E-state index contributed by atoms with van der Waals surface area (Å²) in [5.74, 6) is 0.0473. The fourth-order valence-corrected chi connectivity index (χ4v) is 2.93. The molecule has 0 aliphatic carbocycles. The largest absolute Gasteiger partial charge is 0.380 e. The molecule has 0 bridgehead atoms. The molecule has 1 amide bonds. The first-order valence-electron chi connectivity index (χ1n) is 7.44. The summed E-state index contributed by atoms with van der Waals surface area (Å²) >= 11 is 0. The quantitative estimate of drug-likeness (QED) is 0.870. The number of likely N-dealkylation sites (tertiary alicyclic amines) is 1. The molecule has 5 heteroatoms. The van der Waals surface area contributed by atoms with Crippen molar-refractivity contribution in [3.8, 4) is 0 Å². The van der Waals surface area contributed by atoms with Crippen LogP contribution in [0.15, 0.2) is 42.9 Å². The zero-order valence-electron chi connectivity index (χ0n) is 12.6. The summed E-state index contributed by atoms with van der Waals surface area (Å²) in [4.78, 5) is 23.2. The zero-order chi connectivity index (χ0) is 15.4. The molecule has 0 spiro atoms. The van der Waals surface area contributed by atoms with Crippen molar-refractivity contribution in [1.82, 2.24) is 14.9 Å². The minimum Gasteiger partial charge on any atom is -0.380 e. The third-order valence-electron chi connectivity index (χ3n) is 3.92. The Hall–Kier alpha value is -2.27. The van der Waals surface area contributed by atoms with E-state index in [1.165, 1.54) is 0 Å². The van der Waals surface area contributed by atoms with Crippen molar-refractivity contribution >= 4 is 5.91 Å². The number of aromatic nitrogens is 2. The minimum absolute atomic E-state index is 0.0206. The first-order chi connectivity index (χ1) is 10.8. The lowest BCUT2D eigenvalue weighted by Crippen LogP contribution is -2.31. The molecule has 22 heavy (non-hydrogen) atoms. The van der Waals surface area contributed by atoms with Gasteiger partial charge in [0.05, 0.1) is 24.5 Å². The van der Waals surface area contributed by atoms with Gasteiger partial charge in [0.25, 0.3) is 5.91 Å². The van der Waals surface area contributed by atoms with E-state index in [0.717, 1.165) is 30.6 Å². The number of rotatable bonds is 4. The molecule has 2 heterocycles. The van der Waals surface area contributed by atoms with Crippen LogP contribution in [-0.2, 0) is 11.3 Å². The van der Waals surface area contributed by atoms with Crippen LogP contribution < -0.4 is 0 Å². The van der Waals surface area contributed by atoms with Gasteiger partial charge in [0, 0.05) is 31.6 Å². The number of ether oxygens (including phenoxy) is 1.